The molecule has 3 rings (SSSR count). The number of aliphatic hydroxyl groups excluding tert-OH is 1. The molecule has 1 heterocycles. The fourth-order valence-corrected chi connectivity index (χ4v) is 3.27. The highest BCUT2D eigenvalue weighted by atomic mass is 19.1. The summed E-state index contributed by atoms with van der Waals surface area (Å²) in [7, 11) is 0. The number of carbonyl (C=O) groups is 1. The number of benzene rings is 2. The lowest BCUT2D eigenvalue weighted by Crippen LogP contribution is -2.33. The summed E-state index contributed by atoms with van der Waals surface area (Å²) in [6, 6.07) is 13.4. The molecule has 132 valence electrons. The van der Waals surface area contributed by atoms with E-state index >= 15 is 0 Å². The number of hydrogen-bond donors (Lipinski definition) is 1. The third kappa shape index (κ3) is 4.17. The van der Waals surface area contributed by atoms with Crippen LogP contribution in [0.5, 0.6) is 5.75 Å². The predicted octanol–water partition coefficient (Wildman–Crippen LogP) is 3.10. The number of ether oxygens (including phenoxy) is 1. The van der Waals surface area contributed by atoms with Gasteiger partial charge in [0.2, 0.25) is 5.91 Å². The molecule has 0 saturated carbocycles. The van der Waals surface area contributed by atoms with Crippen LogP contribution in [-0.4, -0.2) is 35.2 Å². The van der Waals surface area contributed by atoms with Crippen molar-refractivity contribution in [3.63, 3.8) is 0 Å². The molecule has 0 bridgehead atoms. The molecule has 0 aromatic heterocycles. The van der Waals surface area contributed by atoms with Crippen molar-refractivity contribution in [3.8, 4) is 5.75 Å². The third-order valence-electron chi connectivity index (χ3n) is 4.42. The van der Waals surface area contributed by atoms with E-state index in [9.17, 15) is 14.3 Å². The number of likely N-dealkylation sites (tertiary alicyclic amines) is 1. The quantitative estimate of drug-likeness (QED) is 0.908. The first-order valence-corrected chi connectivity index (χ1v) is 8.51. The Balaban J connectivity index is 1.73. The maximum absolute atomic E-state index is 13.5. The Hall–Kier alpha value is -2.40. The van der Waals surface area contributed by atoms with Crippen LogP contribution in [0.25, 0.3) is 0 Å². The van der Waals surface area contributed by atoms with E-state index in [-0.39, 0.29) is 30.7 Å². The minimum Gasteiger partial charge on any atom is -0.494 e. The van der Waals surface area contributed by atoms with E-state index in [1.165, 1.54) is 12.1 Å². The maximum atomic E-state index is 13.5. The SMILES string of the molecule is CCOc1ccc(CC(=O)N2CC(O)CC2c2cccc(F)c2)cc1. The normalized spacial score (nSPS) is 19.9. The van der Waals surface area contributed by atoms with Crippen molar-refractivity contribution < 1.29 is 19.0 Å². The van der Waals surface area contributed by atoms with E-state index in [1.54, 1.807) is 17.0 Å². The molecule has 2 atom stereocenters. The average molecular weight is 343 g/mol. The number of halogens is 1. The minimum atomic E-state index is -0.586. The fourth-order valence-electron chi connectivity index (χ4n) is 3.27. The molecule has 1 fully saturated rings. The van der Waals surface area contributed by atoms with Crippen LogP contribution in [0.3, 0.4) is 0 Å². The monoisotopic (exact) mass is 343 g/mol. The molecule has 1 N–H and O–H groups in total. The van der Waals surface area contributed by atoms with Crippen molar-refractivity contribution in [1.29, 1.82) is 0 Å². The lowest BCUT2D eigenvalue weighted by molar-refractivity contribution is -0.131. The van der Waals surface area contributed by atoms with Crippen molar-refractivity contribution in [3.05, 3.63) is 65.5 Å². The van der Waals surface area contributed by atoms with Crippen molar-refractivity contribution in [2.45, 2.75) is 31.9 Å². The van der Waals surface area contributed by atoms with E-state index in [0.717, 1.165) is 16.9 Å². The highest BCUT2D eigenvalue weighted by Crippen LogP contribution is 2.33. The lowest BCUT2D eigenvalue weighted by Gasteiger charge is -2.25. The van der Waals surface area contributed by atoms with Crippen LogP contribution in [0, 0.1) is 5.82 Å². The first-order chi connectivity index (χ1) is 12.1. The molecule has 0 radical (unpaired) electrons. The van der Waals surface area contributed by atoms with E-state index in [4.69, 9.17) is 4.74 Å². The predicted molar refractivity (Wildman–Crippen MR) is 92.8 cm³/mol. The fraction of sp³-hybridized carbons (Fsp3) is 0.350. The zero-order valence-corrected chi connectivity index (χ0v) is 14.2. The summed E-state index contributed by atoms with van der Waals surface area (Å²) in [4.78, 5) is 14.4. The molecule has 5 heteroatoms. The summed E-state index contributed by atoms with van der Waals surface area (Å²) in [5.41, 5.74) is 1.60. The first kappa shape index (κ1) is 17.4. The molecule has 2 aromatic carbocycles. The molecule has 25 heavy (non-hydrogen) atoms. The Labute approximate surface area is 146 Å². The van der Waals surface area contributed by atoms with Gasteiger partial charge in [0.15, 0.2) is 0 Å². The number of nitrogens with zero attached hydrogens (tertiary/aromatic N) is 1. The Morgan fingerprint density at radius 2 is 2.04 bits per heavy atom. The Morgan fingerprint density at radius 1 is 1.28 bits per heavy atom. The molecule has 2 unspecified atom stereocenters. The highest BCUT2D eigenvalue weighted by molar-refractivity contribution is 5.79. The topological polar surface area (TPSA) is 49.8 Å². The summed E-state index contributed by atoms with van der Waals surface area (Å²) in [5.74, 6) is 0.362. The molecule has 1 aliphatic rings. The maximum Gasteiger partial charge on any atom is 0.227 e. The second-order valence-electron chi connectivity index (χ2n) is 6.26. The lowest BCUT2D eigenvalue weighted by atomic mass is 10.0. The van der Waals surface area contributed by atoms with Crippen LogP contribution in [0.1, 0.15) is 30.5 Å². The van der Waals surface area contributed by atoms with Crippen molar-refractivity contribution in [2.75, 3.05) is 13.2 Å². The summed E-state index contributed by atoms with van der Waals surface area (Å²) < 4.78 is 18.9. The van der Waals surface area contributed by atoms with Gasteiger partial charge in [-0.1, -0.05) is 24.3 Å². The first-order valence-electron chi connectivity index (χ1n) is 8.51. The smallest absolute Gasteiger partial charge is 0.227 e. The second-order valence-corrected chi connectivity index (χ2v) is 6.26. The van der Waals surface area contributed by atoms with Gasteiger partial charge in [-0.2, -0.15) is 0 Å². The molecular formula is C20H22FNO3. The van der Waals surface area contributed by atoms with Gasteiger partial charge in [0.05, 0.1) is 25.2 Å². The van der Waals surface area contributed by atoms with Gasteiger partial charge in [-0.05, 0) is 48.7 Å². The van der Waals surface area contributed by atoms with Crippen LogP contribution in [0.2, 0.25) is 0 Å². The van der Waals surface area contributed by atoms with Gasteiger partial charge < -0.3 is 14.7 Å². The Bertz CT molecular complexity index is 732. The number of hydrogen-bond acceptors (Lipinski definition) is 3. The van der Waals surface area contributed by atoms with Gasteiger partial charge in [-0.25, -0.2) is 4.39 Å². The van der Waals surface area contributed by atoms with Crippen molar-refractivity contribution in [2.24, 2.45) is 0 Å². The van der Waals surface area contributed by atoms with Crippen molar-refractivity contribution >= 4 is 5.91 Å². The van der Waals surface area contributed by atoms with E-state index in [0.29, 0.717) is 13.0 Å². The number of β-amino-alcohol motifs (C(OH)–C–C–N with tert-alkyl or cyclic N) is 1. The van der Waals surface area contributed by atoms with Crippen molar-refractivity contribution in [1.82, 2.24) is 4.90 Å². The molecule has 0 spiro atoms. The Kier molecular flexibility index (Phi) is 5.34. The third-order valence-corrected chi connectivity index (χ3v) is 4.42. The van der Waals surface area contributed by atoms with E-state index in [1.807, 2.05) is 31.2 Å². The number of aliphatic hydroxyl groups is 1. The summed E-state index contributed by atoms with van der Waals surface area (Å²) >= 11 is 0. The summed E-state index contributed by atoms with van der Waals surface area (Å²) in [6.07, 6.45) is 0.0844. The minimum absolute atomic E-state index is 0.0741. The molecule has 4 nitrogen and oxygen atoms in total. The van der Waals surface area contributed by atoms with Crippen LogP contribution < -0.4 is 4.74 Å². The number of amides is 1. The molecule has 2 aromatic rings. The molecule has 1 saturated heterocycles. The highest BCUT2D eigenvalue weighted by Gasteiger charge is 2.35. The molecule has 0 aliphatic carbocycles. The number of rotatable bonds is 5. The Morgan fingerprint density at radius 3 is 2.72 bits per heavy atom. The van der Waals surface area contributed by atoms with Gasteiger partial charge in [-0.3, -0.25) is 4.79 Å². The molecular weight excluding hydrogens is 321 g/mol. The van der Waals surface area contributed by atoms with Crippen LogP contribution in [-0.2, 0) is 11.2 Å². The van der Waals surface area contributed by atoms with Gasteiger partial charge in [0.1, 0.15) is 11.6 Å². The summed E-state index contributed by atoms with van der Waals surface area (Å²) in [6.45, 7) is 2.79. The second kappa shape index (κ2) is 7.66. The molecule has 1 aliphatic heterocycles. The van der Waals surface area contributed by atoms with Gasteiger partial charge in [0, 0.05) is 6.54 Å². The van der Waals surface area contributed by atoms with E-state index < -0.39 is 6.10 Å². The zero-order chi connectivity index (χ0) is 17.8. The standard InChI is InChI=1S/C20H22FNO3/c1-2-25-18-8-6-14(7-9-18)10-20(24)22-13-17(23)12-19(22)15-4-3-5-16(21)11-15/h3-9,11,17,19,23H,2,10,12-13H2,1H3. The zero-order valence-electron chi connectivity index (χ0n) is 14.2. The number of carbonyl (C=O) groups excluding carboxylic acids is 1. The molecule has 1 amide bonds. The van der Waals surface area contributed by atoms with Crippen LogP contribution in [0.15, 0.2) is 48.5 Å². The van der Waals surface area contributed by atoms with Gasteiger partial charge in [-0.15, -0.1) is 0 Å². The van der Waals surface area contributed by atoms with Crippen LogP contribution >= 0.6 is 0 Å². The van der Waals surface area contributed by atoms with Crippen LogP contribution in [0.4, 0.5) is 4.39 Å². The average Bonchev–Trinajstić information content (AvgIpc) is 2.99. The van der Waals surface area contributed by atoms with Gasteiger partial charge in [0.25, 0.3) is 0 Å². The van der Waals surface area contributed by atoms with Gasteiger partial charge >= 0.3 is 0 Å². The summed E-state index contributed by atoms with van der Waals surface area (Å²) in [5, 5.41) is 10.0. The van der Waals surface area contributed by atoms with E-state index in [2.05, 4.69) is 0 Å². The largest absolute Gasteiger partial charge is 0.494 e.